The van der Waals surface area contributed by atoms with Gasteiger partial charge in [-0.25, -0.2) is 4.99 Å². The van der Waals surface area contributed by atoms with Crippen LogP contribution >= 0.6 is 0 Å². The maximum absolute atomic E-state index is 12.5. The fourth-order valence-electron chi connectivity index (χ4n) is 3.46. The van der Waals surface area contributed by atoms with Crippen molar-refractivity contribution in [1.29, 1.82) is 0 Å². The average molecular weight is 317 g/mol. The molecule has 2 aliphatic rings. The van der Waals surface area contributed by atoms with Gasteiger partial charge in [0.15, 0.2) is 5.88 Å². The number of para-hydroxylation sites is 1. The zero-order chi connectivity index (χ0) is 16.4. The van der Waals surface area contributed by atoms with Crippen LogP contribution in [0, 0.1) is 0 Å². The van der Waals surface area contributed by atoms with Crippen LogP contribution in [-0.4, -0.2) is 21.9 Å². The summed E-state index contributed by atoms with van der Waals surface area (Å²) < 4.78 is 0. The minimum Gasteiger partial charge on any atom is -0.494 e. The molecule has 3 N–H and O–H groups in total. The number of amides is 2. The molecule has 0 atom stereocenters. The van der Waals surface area contributed by atoms with E-state index in [1.54, 1.807) is 6.07 Å². The third kappa shape index (κ3) is 1.62. The third-order valence-corrected chi connectivity index (χ3v) is 4.49. The van der Waals surface area contributed by atoms with Gasteiger partial charge >= 0.3 is 0 Å². The van der Waals surface area contributed by atoms with Crippen LogP contribution in [0.5, 0.6) is 5.88 Å². The Balaban J connectivity index is 1.89. The molecule has 2 aromatic carbocycles. The molecule has 0 aliphatic carbocycles. The Kier molecular flexibility index (Phi) is 2.35. The first-order chi connectivity index (χ1) is 11.6. The molecular formula is C18H11N3O3. The van der Waals surface area contributed by atoms with Gasteiger partial charge in [-0.3, -0.25) is 9.59 Å². The lowest BCUT2D eigenvalue weighted by atomic mass is 10.0. The second-order valence-electron chi connectivity index (χ2n) is 5.94. The fraction of sp³-hybridized carbons (Fsp3) is 0.0556. The minimum absolute atomic E-state index is 0.0581. The van der Waals surface area contributed by atoms with E-state index in [9.17, 15) is 14.7 Å². The lowest BCUT2D eigenvalue weighted by Crippen LogP contribution is -2.24. The fourth-order valence-corrected chi connectivity index (χ4v) is 3.46. The maximum Gasteiger partial charge on any atom is 0.279 e. The van der Waals surface area contributed by atoms with E-state index in [0.717, 1.165) is 16.5 Å². The number of nitrogens with zero attached hydrogens (tertiary/aromatic N) is 1. The van der Waals surface area contributed by atoms with Crippen LogP contribution in [0.3, 0.4) is 0 Å². The van der Waals surface area contributed by atoms with Crippen LogP contribution in [0.2, 0.25) is 0 Å². The molecule has 6 nitrogen and oxygen atoms in total. The summed E-state index contributed by atoms with van der Waals surface area (Å²) in [5.74, 6) is -0.520. The first-order valence-electron chi connectivity index (χ1n) is 7.52. The van der Waals surface area contributed by atoms with Gasteiger partial charge in [-0.05, 0) is 23.8 Å². The summed E-state index contributed by atoms with van der Waals surface area (Å²) in [5.41, 5.74) is 3.09. The maximum atomic E-state index is 12.5. The summed E-state index contributed by atoms with van der Waals surface area (Å²) in [4.78, 5) is 31.1. The van der Waals surface area contributed by atoms with Gasteiger partial charge in [-0.1, -0.05) is 18.2 Å². The highest BCUT2D eigenvalue weighted by Crippen LogP contribution is 2.33. The molecular weight excluding hydrogens is 306 g/mol. The zero-order valence-corrected chi connectivity index (χ0v) is 12.4. The number of anilines is 1. The summed E-state index contributed by atoms with van der Waals surface area (Å²) in [6, 6.07) is 10.9. The number of carbonyl (C=O) groups is 2. The standard InChI is InChI=1S/C18H11N3O3/c22-14-6-8-5-10-13(7-12(8)19-14)21-18(24)16(10)15-9-3-1-2-4-11(9)20-17(15)23/h1-5,7,20,23H,6H2,(H,19,22). The Morgan fingerprint density at radius 3 is 2.83 bits per heavy atom. The van der Waals surface area contributed by atoms with Gasteiger partial charge in [-0.15, -0.1) is 0 Å². The molecule has 2 aliphatic heterocycles. The van der Waals surface area contributed by atoms with Crippen molar-refractivity contribution in [3.05, 3.63) is 58.1 Å². The van der Waals surface area contributed by atoms with Gasteiger partial charge in [0.1, 0.15) is 0 Å². The molecule has 3 aromatic rings. The number of H-pyrrole nitrogens is 1. The molecule has 24 heavy (non-hydrogen) atoms. The molecule has 6 heteroatoms. The summed E-state index contributed by atoms with van der Waals surface area (Å²) in [5, 5.41) is 15.0. The number of rotatable bonds is 1. The van der Waals surface area contributed by atoms with Crippen molar-refractivity contribution in [1.82, 2.24) is 4.98 Å². The van der Waals surface area contributed by atoms with Crippen molar-refractivity contribution < 1.29 is 14.7 Å². The summed E-state index contributed by atoms with van der Waals surface area (Å²) in [6.45, 7) is 0. The van der Waals surface area contributed by atoms with Gasteiger partial charge in [0.25, 0.3) is 5.91 Å². The molecule has 0 radical (unpaired) electrons. The summed E-state index contributed by atoms with van der Waals surface area (Å²) in [7, 11) is 0. The molecule has 0 saturated heterocycles. The Morgan fingerprint density at radius 2 is 1.96 bits per heavy atom. The van der Waals surface area contributed by atoms with Crippen molar-refractivity contribution in [2.45, 2.75) is 6.42 Å². The predicted molar refractivity (Wildman–Crippen MR) is 87.0 cm³/mol. The Hall–Kier alpha value is -3.41. The first-order valence-corrected chi connectivity index (χ1v) is 7.52. The molecule has 2 amide bonds. The van der Waals surface area contributed by atoms with Crippen LogP contribution in [0.15, 0.2) is 41.4 Å². The third-order valence-electron chi connectivity index (χ3n) is 4.49. The summed E-state index contributed by atoms with van der Waals surface area (Å²) >= 11 is 0. The predicted octanol–water partition coefficient (Wildman–Crippen LogP) is 0.727. The lowest BCUT2D eigenvalue weighted by molar-refractivity contribution is -0.115. The topological polar surface area (TPSA) is 94.6 Å². The highest BCUT2D eigenvalue weighted by Gasteiger charge is 2.27. The van der Waals surface area contributed by atoms with Crippen LogP contribution in [0.1, 0.15) is 11.1 Å². The number of carbonyl (C=O) groups excluding carboxylic acids is 2. The van der Waals surface area contributed by atoms with Crippen LogP contribution in [0.25, 0.3) is 16.5 Å². The van der Waals surface area contributed by atoms with Crippen molar-refractivity contribution in [2.24, 2.45) is 4.99 Å². The number of aromatic hydroxyl groups is 1. The normalized spacial score (nSPS) is 15.4. The van der Waals surface area contributed by atoms with E-state index in [1.807, 2.05) is 30.3 Å². The molecule has 1 aromatic heterocycles. The first kappa shape index (κ1) is 13.1. The van der Waals surface area contributed by atoms with Crippen molar-refractivity contribution >= 4 is 34.0 Å². The van der Waals surface area contributed by atoms with Gasteiger partial charge in [0.2, 0.25) is 5.91 Å². The number of nitrogens with one attached hydrogen (secondary N) is 2. The summed E-state index contributed by atoms with van der Waals surface area (Å²) in [6.07, 6.45) is 0.282. The van der Waals surface area contributed by atoms with Gasteiger partial charge < -0.3 is 15.4 Å². The molecule has 0 spiro atoms. The van der Waals surface area contributed by atoms with Gasteiger partial charge in [0.05, 0.1) is 22.9 Å². The highest BCUT2D eigenvalue weighted by atomic mass is 16.3. The Bertz CT molecular complexity index is 1200. The molecule has 0 unspecified atom stereocenters. The Labute approximate surface area is 135 Å². The molecule has 0 bridgehead atoms. The quantitative estimate of drug-likeness (QED) is 0.617. The van der Waals surface area contributed by atoms with Crippen molar-refractivity contribution in [3.63, 3.8) is 0 Å². The average Bonchev–Trinajstić information content (AvgIpc) is 3.15. The van der Waals surface area contributed by atoms with E-state index in [-0.39, 0.29) is 24.1 Å². The number of aromatic amines is 1. The van der Waals surface area contributed by atoms with E-state index in [0.29, 0.717) is 27.4 Å². The monoisotopic (exact) mass is 317 g/mol. The van der Waals surface area contributed by atoms with E-state index >= 15 is 0 Å². The smallest absolute Gasteiger partial charge is 0.279 e. The second-order valence-corrected chi connectivity index (χ2v) is 5.94. The van der Waals surface area contributed by atoms with Crippen LogP contribution in [0.4, 0.5) is 5.69 Å². The molecule has 0 saturated carbocycles. The molecule has 0 fully saturated rings. The van der Waals surface area contributed by atoms with E-state index in [2.05, 4.69) is 15.3 Å². The van der Waals surface area contributed by atoms with E-state index in [1.165, 1.54) is 0 Å². The Morgan fingerprint density at radius 1 is 1.12 bits per heavy atom. The van der Waals surface area contributed by atoms with Crippen molar-refractivity contribution in [2.75, 3.05) is 5.32 Å². The molecule has 5 rings (SSSR count). The van der Waals surface area contributed by atoms with Gasteiger partial charge in [-0.2, -0.15) is 0 Å². The SMILES string of the molecule is O=C1Cc2cc3c(cc2N1)=NC(=O)C=3c1c(O)[nH]c2ccccc12. The van der Waals surface area contributed by atoms with Crippen LogP contribution < -0.4 is 15.9 Å². The second kappa shape index (κ2) is 4.32. The van der Waals surface area contributed by atoms with Crippen molar-refractivity contribution in [3.8, 4) is 5.88 Å². The number of benzene rings is 2. The largest absolute Gasteiger partial charge is 0.494 e. The lowest BCUT2D eigenvalue weighted by Gasteiger charge is -2.01. The zero-order valence-electron chi connectivity index (χ0n) is 12.4. The minimum atomic E-state index is -0.389. The molecule has 3 heterocycles. The van der Waals surface area contributed by atoms with Crippen LogP contribution in [-0.2, 0) is 16.0 Å². The van der Waals surface area contributed by atoms with E-state index < -0.39 is 0 Å². The van der Waals surface area contributed by atoms with Gasteiger partial charge in [0, 0.05) is 21.8 Å². The van der Waals surface area contributed by atoms with E-state index in [4.69, 9.17) is 0 Å². The number of hydrogen-bond acceptors (Lipinski definition) is 3. The number of fused-ring (bicyclic) bond motifs is 3. The molecule has 116 valence electrons. The number of aromatic nitrogens is 1. The highest BCUT2D eigenvalue weighted by molar-refractivity contribution is 6.25. The number of hydrogen-bond donors (Lipinski definition) is 3.